The summed E-state index contributed by atoms with van der Waals surface area (Å²) in [5, 5.41) is 0. The van der Waals surface area contributed by atoms with Gasteiger partial charge in [0.15, 0.2) is 6.61 Å². The number of ether oxygens (including phenoxy) is 1. The van der Waals surface area contributed by atoms with Gasteiger partial charge in [0.2, 0.25) is 0 Å². The van der Waals surface area contributed by atoms with Crippen LogP contribution < -0.4 is 4.74 Å². The minimum atomic E-state index is 0.104. The molecule has 0 radical (unpaired) electrons. The molecule has 2 heterocycles. The molecule has 6 heteroatoms. The summed E-state index contributed by atoms with van der Waals surface area (Å²) in [6.07, 6.45) is 2.17. The van der Waals surface area contributed by atoms with E-state index >= 15 is 0 Å². The number of likely N-dealkylation sites (tertiary alicyclic amines) is 1. The summed E-state index contributed by atoms with van der Waals surface area (Å²) < 4.78 is 6.80. The molecule has 1 amide bonds. The van der Waals surface area contributed by atoms with E-state index in [1.165, 1.54) is 26.2 Å². The van der Waals surface area contributed by atoms with Crippen LogP contribution in [0.5, 0.6) is 5.75 Å². The number of rotatable bonds is 5. The predicted octanol–water partition coefficient (Wildman–Crippen LogP) is 2.30. The first kappa shape index (κ1) is 18.9. The average Bonchev–Trinajstić information content (AvgIpc) is 2.67. The van der Waals surface area contributed by atoms with Crippen molar-refractivity contribution in [1.29, 1.82) is 0 Å². The lowest BCUT2D eigenvalue weighted by molar-refractivity contribution is -0.135. The Labute approximate surface area is 164 Å². The fraction of sp³-hybridized carbons (Fsp3) is 0.632. The molecule has 2 aliphatic rings. The average molecular weight is 457 g/mol. The van der Waals surface area contributed by atoms with Gasteiger partial charge in [0, 0.05) is 48.9 Å². The molecule has 0 saturated carbocycles. The Morgan fingerprint density at radius 3 is 2.32 bits per heavy atom. The van der Waals surface area contributed by atoms with Crippen LogP contribution in [0.3, 0.4) is 0 Å². The van der Waals surface area contributed by atoms with Crippen molar-refractivity contribution in [1.82, 2.24) is 14.7 Å². The molecule has 0 aromatic heterocycles. The van der Waals surface area contributed by atoms with Gasteiger partial charge in [0.05, 0.1) is 0 Å². The van der Waals surface area contributed by atoms with Crippen LogP contribution in [-0.2, 0) is 4.79 Å². The molecule has 2 fully saturated rings. The predicted molar refractivity (Wildman–Crippen MR) is 108 cm³/mol. The maximum Gasteiger partial charge on any atom is 0.260 e. The number of benzene rings is 1. The lowest BCUT2D eigenvalue weighted by Gasteiger charge is -2.42. The number of carbonyl (C=O) groups excluding carboxylic acids is 1. The monoisotopic (exact) mass is 457 g/mol. The molecule has 1 aromatic rings. The third-order valence-corrected chi connectivity index (χ3v) is 6.08. The minimum absolute atomic E-state index is 0.104. The molecular formula is C19H28IN3O2. The van der Waals surface area contributed by atoms with Gasteiger partial charge < -0.3 is 14.5 Å². The Morgan fingerprint density at radius 1 is 1.08 bits per heavy atom. The molecule has 0 atom stereocenters. The smallest absolute Gasteiger partial charge is 0.260 e. The molecule has 2 saturated heterocycles. The fourth-order valence-corrected chi connectivity index (χ4v) is 4.05. The fourth-order valence-electron chi connectivity index (χ4n) is 3.69. The molecule has 3 rings (SSSR count). The third-order valence-electron chi connectivity index (χ3n) is 5.36. The van der Waals surface area contributed by atoms with Crippen LogP contribution >= 0.6 is 22.6 Å². The van der Waals surface area contributed by atoms with Crippen molar-refractivity contribution >= 4 is 28.5 Å². The first-order valence-electron chi connectivity index (χ1n) is 9.28. The Hall–Kier alpha value is -0.860. The van der Waals surface area contributed by atoms with E-state index in [0.29, 0.717) is 6.04 Å². The molecule has 0 unspecified atom stereocenters. The number of piperazine rings is 1. The zero-order valence-corrected chi connectivity index (χ0v) is 17.2. The van der Waals surface area contributed by atoms with Gasteiger partial charge in [0.1, 0.15) is 5.75 Å². The summed E-state index contributed by atoms with van der Waals surface area (Å²) in [5.41, 5.74) is 0. The van der Waals surface area contributed by atoms with Gasteiger partial charge in [-0.3, -0.25) is 9.69 Å². The summed E-state index contributed by atoms with van der Waals surface area (Å²) in [7, 11) is 0. The van der Waals surface area contributed by atoms with Crippen LogP contribution in [0.25, 0.3) is 0 Å². The van der Waals surface area contributed by atoms with Crippen molar-refractivity contribution in [3.8, 4) is 5.75 Å². The van der Waals surface area contributed by atoms with E-state index in [1.54, 1.807) is 0 Å². The Kier molecular flexibility index (Phi) is 6.95. The van der Waals surface area contributed by atoms with Crippen LogP contribution in [0.15, 0.2) is 24.3 Å². The number of carbonyl (C=O) groups is 1. The van der Waals surface area contributed by atoms with Crippen molar-refractivity contribution in [3.05, 3.63) is 27.8 Å². The maximum atomic E-state index is 12.4. The van der Waals surface area contributed by atoms with Gasteiger partial charge in [-0.15, -0.1) is 0 Å². The van der Waals surface area contributed by atoms with Crippen LogP contribution in [-0.4, -0.2) is 79.1 Å². The normalized spacial score (nSPS) is 20.6. The highest BCUT2D eigenvalue weighted by molar-refractivity contribution is 14.1. The van der Waals surface area contributed by atoms with Crippen LogP contribution in [0, 0.1) is 3.57 Å². The molecule has 1 aromatic carbocycles. The van der Waals surface area contributed by atoms with Gasteiger partial charge in [-0.2, -0.15) is 0 Å². The van der Waals surface area contributed by atoms with Gasteiger partial charge in [-0.1, -0.05) is 6.92 Å². The van der Waals surface area contributed by atoms with Gasteiger partial charge in [-0.25, -0.2) is 0 Å². The molecule has 25 heavy (non-hydrogen) atoms. The number of hydrogen-bond acceptors (Lipinski definition) is 4. The summed E-state index contributed by atoms with van der Waals surface area (Å²) in [6.45, 7) is 9.94. The van der Waals surface area contributed by atoms with E-state index in [4.69, 9.17) is 4.74 Å². The van der Waals surface area contributed by atoms with E-state index in [1.807, 2.05) is 29.2 Å². The topological polar surface area (TPSA) is 36.0 Å². The second-order valence-corrected chi connectivity index (χ2v) is 8.07. The van der Waals surface area contributed by atoms with Gasteiger partial charge in [-0.05, 0) is 66.2 Å². The van der Waals surface area contributed by atoms with E-state index in [9.17, 15) is 4.79 Å². The molecule has 0 spiro atoms. The second kappa shape index (κ2) is 9.19. The molecular weight excluding hydrogens is 429 g/mol. The van der Waals surface area contributed by atoms with Gasteiger partial charge in [0.25, 0.3) is 5.91 Å². The quantitative estimate of drug-likeness (QED) is 0.636. The molecule has 5 nitrogen and oxygen atoms in total. The Balaban J connectivity index is 1.39. The van der Waals surface area contributed by atoms with Crippen LogP contribution in [0.2, 0.25) is 0 Å². The molecule has 0 bridgehead atoms. The highest BCUT2D eigenvalue weighted by atomic mass is 127. The minimum Gasteiger partial charge on any atom is -0.484 e. The number of nitrogens with zero attached hydrogens (tertiary/aromatic N) is 3. The number of piperidine rings is 1. The standard InChI is InChI=1S/C19H28IN3O2/c1-2-21-11-13-22(14-12-21)17-7-9-23(10-8-17)19(24)15-25-18-5-3-16(20)4-6-18/h3-6,17H,2,7-15H2,1H3. The number of amides is 1. The number of hydrogen-bond donors (Lipinski definition) is 0. The Bertz CT molecular complexity index is 550. The summed E-state index contributed by atoms with van der Waals surface area (Å²) in [4.78, 5) is 19.5. The van der Waals surface area contributed by atoms with Crippen molar-refractivity contribution < 1.29 is 9.53 Å². The van der Waals surface area contributed by atoms with Crippen molar-refractivity contribution in [2.75, 3.05) is 52.4 Å². The zero-order valence-electron chi connectivity index (χ0n) is 15.0. The van der Waals surface area contributed by atoms with E-state index in [0.717, 1.165) is 41.8 Å². The third kappa shape index (κ3) is 5.31. The highest BCUT2D eigenvalue weighted by Gasteiger charge is 2.28. The first-order chi connectivity index (χ1) is 12.2. The number of halogens is 1. The highest BCUT2D eigenvalue weighted by Crippen LogP contribution is 2.19. The van der Waals surface area contributed by atoms with Crippen molar-refractivity contribution in [3.63, 3.8) is 0 Å². The summed E-state index contributed by atoms with van der Waals surface area (Å²) in [5.74, 6) is 0.866. The van der Waals surface area contributed by atoms with Crippen LogP contribution in [0.4, 0.5) is 0 Å². The van der Waals surface area contributed by atoms with Crippen molar-refractivity contribution in [2.45, 2.75) is 25.8 Å². The van der Waals surface area contributed by atoms with E-state index < -0.39 is 0 Å². The van der Waals surface area contributed by atoms with E-state index in [-0.39, 0.29) is 12.5 Å². The molecule has 2 aliphatic heterocycles. The SMILES string of the molecule is CCN1CCN(C2CCN(C(=O)COc3ccc(I)cc3)CC2)CC1. The molecule has 0 aliphatic carbocycles. The van der Waals surface area contributed by atoms with Crippen molar-refractivity contribution in [2.24, 2.45) is 0 Å². The van der Waals surface area contributed by atoms with Gasteiger partial charge >= 0.3 is 0 Å². The second-order valence-electron chi connectivity index (χ2n) is 6.82. The molecule has 0 N–H and O–H groups in total. The summed E-state index contributed by atoms with van der Waals surface area (Å²) in [6, 6.07) is 8.45. The zero-order chi connectivity index (χ0) is 17.6. The maximum absolute atomic E-state index is 12.4. The lowest BCUT2D eigenvalue weighted by atomic mass is 10.0. The first-order valence-corrected chi connectivity index (χ1v) is 10.4. The largest absolute Gasteiger partial charge is 0.484 e. The summed E-state index contributed by atoms with van der Waals surface area (Å²) >= 11 is 2.26. The molecule has 138 valence electrons. The van der Waals surface area contributed by atoms with E-state index in [2.05, 4.69) is 39.3 Å². The number of likely N-dealkylation sites (N-methyl/N-ethyl adjacent to an activating group) is 1. The lowest BCUT2D eigenvalue weighted by Crippen LogP contribution is -2.54. The Morgan fingerprint density at radius 2 is 1.72 bits per heavy atom. The van der Waals surface area contributed by atoms with Crippen LogP contribution in [0.1, 0.15) is 19.8 Å².